The van der Waals surface area contributed by atoms with Crippen molar-refractivity contribution in [2.75, 3.05) is 7.11 Å². The van der Waals surface area contributed by atoms with Crippen molar-refractivity contribution >= 4 is 11.5 Å². The summed E-state index contributed by atoms with van der Waals surface area (Å²) < 4.78 is 4.75. The number of ether oxygens (including phenoxy) is 1. The van der Waals surface area contributed by atoms with E-state index in [1.807, 2.05) is 13.0 Å². The summed E-state index contributed by atoms with van der Waals surface area (Å²) in [5.41, 5.74) is 2.97. The molecule has 0 bridgehead atoms. The first-order chi connectivity index (χ1) is 15.0. The van der Waals surface area contributed by atoms with Crippen LogP contribution < -0.4 is 0 Å². The van der Waals surface area contributed by atoms with Crippen LogP contribution >= 0.6 is 0 Å². The number of aliphatic hydroxyl groups is 1. The van der Waals surface area contributed by atoms with Gasteiger partial charge in [-0.2, -0.15) is 0 Å². The van der Waals surface area contributed by atoms with Crippen LogP contribution in [0.2, 0.25) is 0 Å². The Morgan fingerprint density at radius 2 is 1.61 bits per heavy atom. The van der Waals surface area contributed by atoms with Gasteiger partial charge >= 0.3 is 5.97 Å². The van der Waals surface area contributed by atoms with Crippen LogP contribution in [0.25, 0.3) is 28.3 Å². The molecule has 31 heavy (non-hydrogen) atoms. The fraction of sp³-hybridized carbons (Fsp3) is 0.167. The molecule has 0 fully saturated rings. The molecule has 0 saturated heterocycles. The first-order valence-electron chi connectivity index (χ1n) is 9.80. The summed E-state index contributed by atoms with van der Waals surface area (Å²) >= 11 is 0. The Balaban J connectivity index is 1.89. The smallest absolute Gasteiger partial charge is 0.337 e. The summed E-state index contributed by atoms with van der Waals surface area (Å²) in [5, 5.41) is 20.9. The molecule has 1 aliphatic carbocycles. The van der Waals surface area contributed by atoms with E-state index in [0.717, 1.165) is 12.0 Å². The average molecular weight is 415 g/mol. The molecule has 0 unspecified atom stereocenters. The van der Waals surface area contributed by atoms with Crippen LogP contribution in [-0.2, 0) is 4.74 Å². The molecule has 7 heteroatoms. The highest BCUT2D eigenvalue weighted by molar-refractivity contribution is 5.89. The fourth-order valence-electron chi connectivity index (χ4n) is 3.46. The number of carbonyl (C=O) groups is 1. The molecular weight excluding hydrogens is 394 g/mol. The number of allylic oxidation sites excluding steroid dienone is 4. The number of hydrogen-bond donors (Lipinski definition) is 2. The largest absolute Gasteiger partial charge is 0.512 e. The minimum atomic E-state index is -0.434. The number of phenols is 1. The van der Waals surface area contributed by atoms with E-state index in [9.17, 15) is 15.0 Å². The van der Waals surface area contributed by atoms with E-state index in [1.54, 1.807) is 48.5 Å². The topological polar surface area (TPSA) is 105 Å². The number of hydrogen-bond acceptors (Lipinski definition) is 7. The summed E-state index contributed by atoms with van der Waals surface area (Å²) in [6.45, 7) is 1.90. The second-order valence-electron chi connectivity index (χ2n) is 7.14. The molecule has 7 nitrogen and oxygen atoms in total. The van der Waals surface area contributed by atoms with E-state index in [4.69, 9.17) is 4.74 Å². The Morgan fingerprint density at radius 3 is 2.29 bits per heavy atom. The predicted molar refractivity (Wildman–Crippen MR) is 116 cm³/mol. The van der Waals surface area contributed by atoms with Gasteiger partial charge in [-0.05, 0) is 43.2 Å². The summed E-state index contributed by atoms with van der Waals surface area (Å²) in [4.78, 5) is 25.4. The highest BCUT2D eigenvalue weighted by Crippen LogP contribution is 2.33. The van der Waals surface area contributed by atoms with Gasteiger partial charge in [0.25, 0.3) is 0 Å². The van der Waals surface area contributed by atoms with Crippen LogP contribution in [0.1, 0.15) is 35.9 Å². The Morgan fingerprint density at radius 1 is 0.935 bits per heavy atom. The van der Waals surface area contributed by atoms with Crippen LogP contribution in [0.15, 0.2) is 65.9 Å². The maximum absolute atomic E-state index is 11.7. The molecule has 1 heterocycles. The quantitative estimate of drug-likeness (QED) is 0.595. The molecule has 0 atom stereocenters. The average Bonchev–Trinajstić information content (AvgIpc) is 2.78. The van der Waals surface area contributed by atoms with Crippen molar-refractivity contribution < 1.29 is 19.7 Å². The van der Waals surface area contributed by atoms with E-state index >= 15 is 0 Å². The molecule has 0 amide bonds. The van der Waals surface area contributed by atoms with Crippen molar-refractivity contribution in [3.05, 3.63) is 77.3 Å². The Kier molecular flexibility index (Phi) is 5.49. The Bertz CT molecular complexity index is 1210. The number of esters is 1. The number of aromatic nitrogens is 3. The highest BCUT2D eigenvalue weighted by Gasteiger charge is 2.21. The first-order valence-corrected chi connectivity index (χ1v) is 9.80. The number of carbonyl (C=O) groups excluding carboxylic acids is 1. The van der Waals surface area contributed by atoms with Gasteiger partial charge in [0.05, 0.1) is 23.8 Å². The second-order valence-corrected chi connectivity index (χ2v) is 7.14. The molecule has 1 aromatic heterocycles. The molecule has 0 spiro atoms. The number of nitrogens with zero attached hydrogens (tertiary/aromatic N) is 3. The SMILES string of the molecule is COC(=O)c1ccc(-c2nc(C3=C(O)CCC=C3C)nc(-c3ccccc3O)n2)cc1. The fourth-order valence-corrected chi connectivity index (χ4v) is 3.46. The zero-order valence-corrected chi connectivity index (χ0v) is 17.2. The predicted octanol–water partition coefficient (Wildman–Crippen LogP) is 4.71. The van der Waals surface area contributed by atoms with Gasteiger partial charge in [-0.25, -0.2) is 19.7 Å². The summed E-state index contributed by atoms with van der Waals surface area (Å²) in [6, 6.07) is 13.5. The third kappa shape index (κ3) is 4.02. The maximum Gasteiger partial charge on any atom is 0.337 e. The molecule has 1 aliphatic rings. The molecule has 2 aromatic carbocycles. The van der Waals surface area contributed by atoms with Crippen molar-refractivity contribution in [3.8, 4) is 28.5 Å². The number of benzene rings is 2. The van der Waals surface area contributed by atoms with Crippen LogP contribution in [0, 0.1) is 0 Å². The van der Waals surface area contributed by atoms with Gasteiger partial charge in [-0.1, -0.05) is 30.3 Å². The monoisotopic (exact) mass is 415 g/mol. The van der Waals surface area contributed by atoms with Crippen molar-refractivity contribution in [3.63, 3.8) is 0 Å². The zero-order valence-electron chi connectivity index (χ0n) is 17.2. The highest BCUT2D eigenvalue weighted by atomic mass is 16.5. The summed E-state index contributed by atoms with van der Waals surface area (Å²) in [6.07, 6.45) is 3.29. The lowest BCUT2D eigenvalue weighted by Gasteiger charge is -2.16. The van der Waals surface area contributed by atoms with Crippen molar-refractivity contribution in [1.29, 1.82) is 0 Å². The lowest BCUT2D eigenvalue weighted by atomic mass is 9.96. The van der Waals surface area contributed by atoms with Crippen molar-refractivity contribution in [2.24, 2.45) is 0 Å². The molecule has 156 valence electrons. The van der Waals surface area contributed by atoms with Gasteiger partial charge in [-0.15, -0.1) is 0 Å². The first kappa shape index (κ1) is 20.3. The standard InChI is InChI=1S/C24H21N3O4/c1-14-6-5-9-19(29)20(14)23-26-21(15-10-12-16(13-11-15)24(30)31-2)25-22(27-23)17-7-3-4-8-18(17)28/h3-4,6-8,10-13,28-29H,5,9H2,1-2H3. The van der Waals surface area contributed by atoms with Crippen LogP contribution in [0.4, 0.5) is 0 Å². The third-order valence-electron chi connectivity index (χ3n) is 5.08. The van der Waals surface area contributed by atoms with E-state index < -0.39 is 5.97 Å². The molecule has 2 N–H and O–H groups in total. The van der Waals surface area contributed by atoms with Crippen LogP contribution in [-0.4, -0.2) is 38.2 Å². The van der Waals surface area contributed by atoms with E-state index in [0.29, 0.717) is 40.3 Å². The number of phenolic OH excluding ortho intramolecular Hbond substituents is 1. The molecule has 0 aliphatic heterocycles. The van der Waals surface area contributed by atoms with E-state index in [2.05, 4.69) is 15.0 Å². The number of aromatic hydroxyl groups is 1. The second kappa shape index (κ2) is 8.39. The van der Waals surface area contributed by atoms with Gasteiger partial charge in [0.15, 0.2) is 17.5 Å². The van der Waals surface area contributed by atoms with Crippen molar-refractivity contribution in [2.45, 2.75) is 19.8 Å². The van der Waals surface area contributed by atoms with Crippen LogP contribution in [0.5, 0.6) is 5.75 Å². The number of aliphatic hydroxyl groups excluding tert-OH is 1. The Hall–Kier alpha value is -4.00. The lowest BCUT2D eigenvalue weighted by Crippen LogP contribution is -2.07. The van der Waals surface area contributed by atoms with Gasteiger partial charge in [-0.3, -0.25) is 0 Å². The normalized spacial score (nSPS) is 13.7. The summed E-state index contributed by atoms with van der Waals surface area (Å²) in [7, 11) is 1.33. The number of rotatable bonds is 4. The minimum Gasteiger partial charge on any atom is -0.512 e. The van der Waals surface area contributed by atoms with E-state index in [-0.39, 0.29) is 17.3 Å². The molecule has 3 aromatic rings. The molecule has 4 rings (SSSR count). The maximum atomic E-state index is 11.7. The number of para-hydroxylation sites is 1. The van der Waals surface area contributed by atoms with Gasteiger partial charge < -0.3 is 14.9 Å². The molecular formula is C24H21N3O4. The number of methoxy groups -OCH3 is 1. The molecule has 0 saturated carbocycles. The van der Waals surface area contributed by atoms with E-state index in [1.165, 1.54) is 7.11 Å². The molecule has 0 radical (unpaired) electrons. The van der Waals surface area contributed by atoms with Crippen molar-refractivity contribution in [1.82, 2.24) is 15.0 Å². The Labute approximate surface area is 179 Å². The van der Waals surface area contributed by atoms with Crippen LogP contribution in [0.3, 0.4) is 0 Å². The van der Waals surface area contributed by atoms with Gasteiger partial charge in [0.1, 0.15) is 11.5 Å². The van der Waals surface area contributed by atoms with Gasteiger partial charge in [0.2, 0.25) is 0 Å². The third-order valence-corrected chi connectivity index (χ3v) is 5.08. The summed E-state index contributed by atoms with van der Waals surface area (Å²) in [5.74, 6) is 0.802. The van der Waals surface area contributed by atoms with Gasteiger partial charge in [0, 0.05) is 12.0 Å². The zero-order chi connectivity index (χ0) is 22.0. The lowest BCUT2D eigenvalue weighted by molar-refractivity contribution is 0.0600. The minimum absolute atomic E-state index is 0.0424.